The van der Waals surface area contributed by atoms with Crippen LogP contribution in [0.1, 0.15) is 18.4 Å². The normalized spacial score (nSPS) is 18.1. The van der Waals surface area contributed by atoms with Crippen molar-refractivity contribution in [2.75, 3.05) is 13.1 Å². The van der Waals surface area contributed by atoms with E-state index in [4.69, 9.17) is 5.73 Å². The lowest BCUT2D eigenvalue weighted by Gasteiger charge is -2.29. The topological polar surface area (TPSA) is 107 Å². The van der Waals surface area contributed by atoms with E-state index in [1.54, 1.807) is 6.92 Å². The summed E-state index contributed by atoms with van der Waals surface area (Å²) in [6.07, 6.45) is 1.26. The van der Waals surface area contributed by atoms with Crippen molar-refractivity contribution < 1.29 is 13.3 Å². The van der Waals surface area contributed by atoms with Crippen molar-refractivity contribution in [3.63, 3.8) is 0 Å². The number of sulfonamides is 1. The van der Waals surface area contributed by atoms with Crippen LogP contribution in [0, 0.1) is 17.0 Å². The first kappa shape index (κ1) is 14.9. The number of aryl methyl sites for hydroxylation is 1. The van der Waals surface area contributed by atoms with Gasteiger partial charge in [-0.3, -0.25) is 10.1 Å². The van der Waals surface area contributed by atoms with E-state index in [1.807, 2.05) is 0 Å². The van der Waals surface area contributed by atoms with Crippen LogP contribution in [0.25, 0.3) is 0 Å². The number of piperidine rings is 1. The minimum atomic E-state index is -3.60. The SMILES string of the molecule is Cc1cc([N+](=O)[O-])ccc1S(=O)(=O)N1CCC(N)CC1. The molecule has 20 heavy (non-hydrogen) atoms. The summed E-state index contributed by atoms with van der Waals surface area (Å²) in [6.45, 7) is 2.34. The molecule has 0 amide bonds. The summed E-state index contributed by atoms with van der Waals surface area (Å²) in [4.78, 5) is 10.3. The van der Waals surface area contributed by atoms with Gasteiger partial charge in [0, 0.05) is 31.3 Å². The molecule has 0 unspecified atom stereocenters. The van der Waals surface area contributed by atoms with Crippen LogP contribution in [0.5, 0.6) is 0 Å². The van der Waals surface area contributed by atoms with Crippen LogP contribution < -0.4 is 5.73 Å². The van der Waals surface area contributed by atoms with Crippen LogP contribution in [0.2, 0.25) is 0 Å². The third-order valence-corrected chi connectivity index (χ3v) is 5.54. The number of hydrogen-bond donors (Lipinski definition) is 1. The standard InChI is InChI=1S/C12H17N3O4S/c1-9-8-11(15(16)17)2-3-12(9)20(18,19)14-6-4-10(13)5-7-14/h2-3,8,10H,4-7,13H2,1H3. The van der Waals surface area contributed by atoms with Crippen molar-refractivity contribution in [1.82, 2.24) is 4.31 Å². The smallest absolute Gasteiger partial charge is 0.269 e. The summed E-state index contributed by atoms with van der Waals surface area (Å²) in [7, 11) is -3.60. The molecule has 0 atom stereocenters. The Kier molecular flexibility index (Phi) is 4.07. The number of nitrogens with zero attached hydrogens (tertiary/aromatic N) is 2. The number of hydrogen-bond acceptors (Lipinski definition) is 5. The van der Waals surface area contributed by atoms with E-state index in [2.05, 4.69) is 0 Å². The van der Waals surface area contributed by atoms with Crippen molar-refractivity contribution in [3.8, 4) is 0 Å². The van der Waals surface area contributed by atoms with E-state index in [-0.39, 0.29) is 16.6 Å². The summed E-state index contributed by atoms with van der Waals surface area (Å²) < 4.78 is 26.4. The lowest BCUT2D eigenvalue weighted by Crippen LogP contribution is -2.42. The molecule has 110 valence electrons. The van der Waals surface area contributed by atoms with Crippen LogP contribution in [-0.2, 0) is 10.0 Å². The van der Waals surface area contributed by atoms with Crippen molar-refractivity contribution in [2.45, 2.75) is 30.7 Å². The zero-order valence-electron chi connectivity index (χ0n) is 11.2. The second-order valence-electron chi connectivity index (χ2n) is 4.95. The Morgan fingerprint density at radius 1 is 1.35 bits per heavy atom. The molecule has 0 bridgehead atoms. The van der Waals surface area contributed by atoms with Crippen LogP contribution in [0.4, 0.5) is 5.69 Å². The summed E-state index contributed by atoms with van der Waals surface area (Å²) in [5, 5.41) is 10.7. The van der Waals surface area contributed by atoms with E-state index in [9.17, 15) is 18.5 Å². The monoisotopic (exact) mass is 299 g/mol. The maximum Gasteiger partial charge on any atom is 0.269 e. The van der Waals surface area contributed by atoms with Crippen LogP contribution in [0.3, 0.4) is 0 Å². The third kappa shape index (κ3) is 2.82. The van der Waals surface area contributed by atoms with Crippen LogP contribution in [-0.4, -0.2) is 36.8 Å². The van der Waals surface area contributed by atoms with Gasteiger partial charge in [0.05, 0.1) is 9.82 Å². The molecule has 0 spiro atoms. The molecule has 1 saturated heterocycles. The molecule has 2 rings (SSSR count). The molecule has 1 aromatic rings. The maximum absolute atomic E-state index is 12.5. The number of benzene rings is 1. The summed E-state index contributed by atoms with van der Waals surface area (Å²) in [5.74, 6) is 0. The fourth-order valence-corrected chi connectivity index (χ4v) is 3.97. The van der Waals surface area contributed by atoms with Gasteiger partial charge in [0.2, 0.25) is 10.0 Å². The van der Waals surface area contributed by atoms with Crippen molar-refractivity contribution in [2.24, 2.45) is 5.73 Å². The predicted molar refractivity (Wildman–Crippen MR) is 73.8 cm³/mol. The molecule has 1 aromatic carbocycles. The molecule has 0 aliphatic carbocycles. The highest BCUT2D eigenvalue weighted by Gasteiger charge is 2.29. The van der Waals surface area contributed by atoms with Crippen LogP contribution >= 0.6 is 0 Å². The fourth-order valence-electron chi connectivity index (χ4n) is 2.29. The molecule has 8 heteroatoms. The second kappa shape index (κ2) is 5.47. The molecule has 1 aliphatic heterocycles. The van der Waals surface area contributed by atoms with Gasteiger partial charge >= 0.3 is 0 Å². The third-order valence-electron chi connectivity index (χ3n) is 3.49. The summed E-state index contributed by atoms with van der Waals surface area (Å²) >= 11 is 0. The van der Waals surface area contributed by atoms with Crippen LogP contribution in [0.15, 0.2) is 23.1 Å². The first-order valence-corrected chi connectivity index (χ1v) is 7.77. The number of rotatable bonds is 3. The molecular weight excluding hydrogens is 282 g/mol. The largest absolute Gasteiger partial charge is 0.328 e. The Morgan fingerprint density at radius 2 is 1.95 bits per heavy atom. The van der Waals surface area contributed by atoms with E-state index in [0.717, 1.165) is 0 Å². The average molecular weight is 299 g/mol. The molecule has 1 fully saturated rings. The quantitative estimate of drug-likeness (QED) is 0.662. The molecular formula is C12H17N3O4S. The minimum Gasteiger partial charge on any atom is -0.328 e. The Hall–Kier alpha value is -1.51. The number of nitrogens with two attached hydrogens (primary N) is 1. The first-order valence-electron chi connectivity index (χ1n) is 6.33. The number of nitro benzene ring substituents is 1. The van der Waals surface area contributed by atoms with Gasteiger partial charge in [-0.2, -0.15) is 4.31 Å². The maximum atomic E-state index is 12.5. The predicted octanol–water partition coefficient (Wildman–Crippen LogP) is 1.02. The second-order valence-corrected chi connectivity index (χ2v) is 6.85. The Labute approximate surface area is 117 Å². The molecule has 7 nitrogen and oxygen atoms in total. The fraction of sp³-hybridized carbons (Fsp3) is 0.500. The van der Waals surface area contributed by atoms with Gasteiger partial charge in [-0.05, 0) is 31.4 Å². The highest BCUT2D eigenvalue weighted by atomic mass is 32.2. The van der Waals surface area contributed by atoms with Crippen molar-refractivity contribution in [1.29, 1.82) is 0 Å². The molecule has 0 radical (unpaired) electrons. The molecule has 2 N–H and O–H groups in total. The average Bonchev–Trinajstić information content (AvgIpc) is 2.38. The van der Waals surface area contributed by atoms with E-state index < -0.39 is 14.9 Å². The van der Waals surface area contributed by atoms with Gasteiger partial charge in [-0.15, -0.1) is 0 Å². The van der Waals surface area contributed by atoms with Gasteiger partial charge in [0.1, 0.15) is 0 Å². The van der Waals surface area contributed by atoms with Crippen molar-refractivity contribution in [3.05, 3.63) is 33.9 Å². The summed E-state index contributed by atoms with van der Waals surface area (Å²) in [5.41, 5.74) is 6.04. The van der Waals surface area contributed by atoms with E-state index >= 15 is 0 Å². The molecule has 0 saturated carbocycles. The first-order chi connectivity index (χ1) is 9.32. The summed E-state index contributed by atoms with van der Waals surface area (Å²) in [6, 6.07) is 3.84. The van der Waals surface area contributed by atoms with E-state index in [0.29, 0.717) is 31.5 Å². The minimum absolute atomic E-state index is 0.0411. The number of nitro groups is 1. The van der Waals surface area contributed by atoms with Gasteiger partial charge in [-0.25, -0.2) is 8.42 Å². The zero-order valence-corrected chi connectivity index (χ0v) is 12.0. The Morgan fingerprint density at radius 3 is 2.45 bits per heavy atom. The lowest BCUT2D eigenvalue weighted by molar-refractivity contribution is -0.385. The van der Waals surface area contributed by atoms with Gasteiger partial charge in [-0.1, -0.05) is 0 Å². The lowest BCUT2D eigenvalue weighted by atomic mass is 10.1. The van der Waals surface area contributed by atoms with Crippen molar-refractivity contribution >= 4 is 15.7 Å². The zero-order chi connectivity index (χ0) is 14.9. The van der Waals surface area contributed by atoms with Gasteiger partial charge in [0.25, 0.3) is 5.69 Å². The number of non-ortho nitro benzene ring substituents is 1. The molecule has 0 aromatic heterocycles. The van der Waals surface area contributed by atoms with Gasteiger partial charge < -0.3 is 5.73 Å². The highest BCUT2D eigenvalue weighted by molar-refractivity contribution is 7.89. The molecule has 1 heterocycles. The highest BCUT2D eigenvalue weighted by Crippen LogP contribution is 2.25. The van der Waals surface area contributed by atoms with Gasteiger partial charge in [0.15, 0.2) is 0 Å². The molecule has 1 aliphatic rings. The Balaban J connectivity index is 2.32. The van der Waals surface area contributed by atoms with E-state index in [1.165, 1.54) is 22.5 Å². The Bertz CT molecular complexity index is 622.